The normalized spacial score (nSPS) is 10.4. The maximum absolute atomic E-state index is 12.3. The fourth-order valence-corrected chi connectivity index (χ4v) is 3.21. The number of hydrogen-bond donors (Lipinski definition) is 2. The number of methoxy groups -OCH3 is 2. The molecule has 0 aliphatic carbocycles. The number of ether oxygens (including phenoxy) is 2. The first kappa shape index (κ1) is 18.8. The van der Waals surface area contributed by atoms with E-state index < -0.39 is 0 Å². The number of benzene rings is 2. The molecular weight excluding hydrogens is 412 g/mol. The van der Waals surface area contributed by atoms with Gasteiger partial charge in [-0.05, 0) is 52.3 Å². The lowest BCUT2D eigenvalue weighted by atomic mass is 10.1. The molecular formula is C19H19BrN4O3. The number of aromatic nitrogens is 2. The number of carbonyl (C=O) groups excluding carboxylic acids is 1. The highest BCUT2D eigenvalue weighted by Gasteiger charge is 2.13. The second-order valence-corrected chi connectivity index (χ2v) is 6.58. The van der Waals surface area contributed by atoms with Crippen molar-refractivity contribution in [3.8, 4) is 22.8 Å². The molecule has 0 bridgehead atoms. The van der Waals surface area contributed by atoms with Gasteiger partial charge in [-0.3, -0.25) is 4.68 Å². The molecule has 8 heteroatoms. The van der Waals surface area contributed by atoms with Gasteiger partial charge >= 0.3 is 6.03 Å². The molecule has 2 N–H and O–H groups in total. The van der Waals surface area contributed by atoms with E-state index in [9.17, 15) is 4.79 Å². The Bertz CT molecular complexity index is 935. The molecule has 3 rings (SSSR count). The Morgan fingerprint density at radius 1 is 1.00 bits per heavy atom. The van der Waals surface area contributed by atoms with Gasteiger partial charge in [0.1, 0.15) is 11.5 Å². The summed E-state index contributed by atoms with van der Waals surface area (Å²) in [6.45, 7) is 0. The third kappa shape index (κ3) is 4.40. The van der Waals surface area contributed by atoms with Gasteiger partial charge in [-0.15, -0.1) is 0 Å². The minimum Gasteiger partial charge on any atom is -0.497 e. The van der Waals surface area contributed by atoms with Gasteiger partial charge in [0.05, 0.1) is 30.6 Å². The highest BCUT2D eigenvalue weighted by Crippen LogP contribution is 2.32. The first-order valence-corrected chi connectivity index (χ1v) is 8.88. The minimum atomic E-state index is -0.358. The number of aryl methyl sites for hydroxylation is 1. The molecule has 0 saturated heterocycles. The summed E-state index contributed by atoms with van der Waals surface area (Å²) in [7, 11) is 5.03. The molecule has 0 saturated carbocycles. The van der Waals surface area contributed by atoms with Gasteiger partial charge < -0.3 is 20.1 Å². The van der Waals surface area contributed by atoms with E-state index >= 15 is 0 Å². The number of urea groups is 1. The van der Waals surface area contributed by atoms with Crippen LogP contribution in [0.15, 0.2) is 53.1 Å². The third-order valence-corrected chi connectivity index (χ3v) is 4.50. The van der Waals surface area contributed by atoms with Gasteiger partial charge in [0, 0.05) is 30.1 Å². The van der Waals surface area contributed by atoms with E-state index in [1.807, 2.05) is 19.2 Å². The Labute approximate surface area is 165 Å². The van der Waals surface area contributed by atoms with E-state index in [-0.39, 0.29) is 6.03 Å². The van der Waals surface area contributed by atoms with E-state index in [0.29, 0.717) is 17.1 Å². The second-order valence-electron chi connectivity index (χ2n) is 5.72. The third-order valence-electron chi connectivity index (χ3n) is 3.92. The zero-order valence-corrected chi connectivity index (χ0v) is 16.7. The van der Waals surface area contributed by atoms with E-state index in [0.717, 1.165) is 21.5 Å². The maximum Gasteiger partial charge on any atom is 0.323 e. The lowest BCUT2D eigenvalue weighted by Crippen LogP contribution is -2.19. The summed E-state index contributed by atoms with van der Waals surface area (Å²) in [4.78, 5) is 12.3. The molecule has 1 aromatic heterocycles. The molecule has 7 nitrogen and oxygen atoms in total. The van der Waals surface area contributed by atoms with Crippen molar-refractivity contribution in [2.75, 3.05) is 24.9 Å². The number of anilines is 2. The predicted molar refractivity (Wildman–Crippen MR) is 109 cm³/mol. The molecule has 3 aromatic rings. The summed E-state index contributed by atoms with van der Waals surface area (Å²) in [6.07, 6.45) is 1.72. The Balaban J connectivity index is 1.81. The van der Waals surface area contributed by atoms with Crippen molar-refractivity contribution < 1.29 is 14.3 Å². The SMILES string of the molecule is COc1ccc(NC(=O)Nc2cc(OC)cc(-c3c(Br)cnn3C)c2)cc1. The number of halogens is 1. The average Bonchev–Trinajstić information content (AvgIpc) is 3.00. The summed E-state index contributed by atoms with van der Waals surface area (Å²) in [5.74, 6) is 1.35. The lowest BCUT2D eigenvalue weighted by molar-refractivity contribution is 0.262. The zero-order valence-electron chi connectivity index (χ0n) is 15.1. The van der Waals surface area contributed by atoms with Crippen LogP contribution in [0.25, 0.3) is 11.3 Å². The number of hydrogen-bond acceptors (Lipinski definition) is 4. The van der Waals surface area contributed by atoms with Gasteiger partial charge in [-0.1, -0.05) is 0 Å². The highest BCUT2D eigenvalue weighted by molar-refractivity contribution is 9.10. The first-order valence-electron chi connectivity index (χ1n) is 8.09. The average molecular weight is 431 g/mol. The maximum atomic E-state index is 12.3. The van der Waals surface area contributed by atoms with Crippen LogP contribution in [0, 0.1) is 0 Å². The van der Waals surface area contributed by atoms with Crippen molar-refractivity contribution in [2.24, 2.45) is 7.05 Å². The highest BCUT2D eigenvalue weighted by atomic mass is 79.9. The standard InChI is InChI=1S/C19H19BrN4O3/c1-24-18(17(20)11-21-24)12-8-14(10-16(9-12)27-3)23-19(25)22-13-4-6-15(26-2)7-5-13/h4-11H,1-3H3,(H2,22,23,25). The van der Waals surface area contributed by atoms with Crippen LogP contribution in [0.2, 0.25) is 0 Å². The number of nitrogens with one attached hydrogen (secondary N) is 2. The molecule has 2 aromatic carbocycles. The second kappa shape index (κ2) is 8.13. The Morgan fingerprint density at radius 2 is 1.67 bits per heavy atom. The van der Waals surface area contributed by atoms with Crippen LogP contribution < -0.4 is 20.1 Å². The van der Waals surface area contributed by atoms with E-state index in [4.69, 9.17) is 9.47 Å². The largest absolute Gasteiger partial charge is 0.497 e. The summed E-state index contributed by atoms with van der Waals surface area (Å²) >= 11 is 3.50. The molecule has 1 heterocycles. The fraction of sp³-hybridized carbons (Fsp3) is 0.158. The molecule has 0 atom stereocenters. The summed E-state index contributed by atoms with van der Waals surface area (Å²) < 4.78 is 13.1. The molecule has 0 spiro atoms. The molecule has 0 aliphatic rings. The lowest BCUT2D eigenvalue weighted by Gasteiger charge is -2.12. The van der Waals surface area contributed by atoms with Gasteiger partial charge in [0.25, 0.3) is 0 Å². The topological polar surface area (TPSA) is 77.4 Å². The van der Waals surface area contributed by atoms with Crippen LogP contribution in [-0.2, 0) is 7.05 Å². The summed E-state index contributed by atoms with van der Waals surface area (Å²) in [6, 6.07) is 12.2. The van der Waals surface area contributed by atoms with Crippen molar-refractivity contribution in [1.29, 1.82) is 0 Å². The number of rotatable bonds is 5. The van der Waals surface area contributed by atoms with Gasteiger partial charge in [-0.2, -0.15) is 5.10 Å². The van der Waals surface area contributed by atoms with Crippen molar-refractivity contribution in [3.63, 3.8) is 0 Å². The van der Waals surface area contributed by atoms with E-state index in [1.54, 1.807) is 55.4 Å². The monoisotopic (exact) mass is 430 g/mol. The van der Waals surface area contributed by atoms with Crippen molar-refractivity contribution >= 4 is 33.3 Å². The molecule has 0 fully saturated rings. The molecule has 0 unspecified atom stereocenters. The summed E-state index contributed by atoms with van der Waals surface area (Å²) in [5.41, 5.74) is 3.00. The quantitative estimate of drug-likeness (QED) is 0.623. The first-order chi connectivity index (χ1) is 13.0. The van der Waals surface area contributed by atoms with Crippen LogP contribution in [0.3, 0.4) is 0 Å². The molecule has 27 heavy (non-hydrogen) atoms. The fourth-order valence-electron chi connectivity index (χ4n) is 2.63. The molecule has 140 valence electrons. The number of amides is 2. The van der Waals surface area contributed by atoms with E-state index in [2.05, 4.69) is 31.7 Å². The molecule has 2 amide bonds. The Hall–Kier alpha value is -3.00. The van der Waals surface area contributed by atoms with Crippen molar-refractivity contribution in [3.05, 3.63) is 53.1 Å². The van der Waals surface area contributed by atoms with E-state index in [1.165, 1.54) is 0 Å². The van der Waals surface area contributed by atoms with Gasteiger partial charge in [0.2, 0.25) is 0 Å². The predicted octanol–water partition coefficient (Wildman–Crippen LogP) is 4.51. The van der Waals surface area contributed by atoms with Gasteiger partial charge in [0.15, 0.2) is 0 Å². The molecule has 0 aliphatic heterocycles. The zero-order chi connectivity index (χ0) is 19.4. The number of carbonyl (C=O) groups is 1. The molecule has 0 radical (unpaired) electrons. The van der Waals surface area contributed by atoms with Crippen LogP contribution >= 0.6 is 15.9 Å². The van der Waals surface area contributed by atoms with Crippen LogP contribution in [-0.4, -0.2) is 30.0 Å². The van der Waals surface area contributed by atoms with Crippen molar-refractivity contribution in [2.45, 2.75) is 0 Å². The van der Waals surface area contributed by atoms with Crippen LogP contribution in [0.4, 0.5) is 16.2 Å². The summed E-state index contributed by atoms with van der Waals surface area (Å²) in [5, 5.41) is 9.84. The van der Waals surface area contributed by atoms with Crippen LogP contribution in [0.5, 0.6) is 11.5 Å². The number of nitrogens with zero attached hydrogens (tertiary/aromatic N) is 2. The Morgan fingerprint density at radius 3 is 2.26 bits per heavy atom. The minimum absolute atomic E-state index is 0.358. The van der Waals surface area contributed by atoms with Crippen LogP contribution in [0.1, 0.15) is 0 Å². The smallest absolute Gasteiger partial charge is 0.323 e. The Kier molecular flexibility index (Phi) is 5.66. The van der Waals surface area contributed by atoms with Gasteiger partial charge in [-0.25, -0.2) is 4.79 Å². The van der Waals surface area contributed by atoms with Crippen molar-refractivity contribution in [1.82, 2.24) is 9.78 Å².